The highest BCUT2D eigenvalue weighted by atomic mass is 15.1. The Hall–Kier alpha value is -1.09. The Morgan fingerprint density at radius 3 is 2.40 bits per heavy atom. The molecule has 1 heterocycles. The number of hydrogen-bond donors (Lipinski definition) is 1. The molecule has 1 rings (SSSR count). The molecule has 1 aromatic heterocycles. The minimum Gasteiger partial charge on any atom is -0.369 e. The number of likely N-dealkylation sites (N-methyl/N-ethyl adjacent to an activating group) is 1. The molecule has 0 fully saturated rings. The molecule has 0 aromatic carbocycles. The Kier molecular flexibility index (Phi) is 7.64. The van der Waals surface area contributed by atoms with Gasteiger partial charge in [0.05, 0.1) is 0 Å². The zero-order valence-electron chi connectivity index (χ0n) is 10.5. The fourth-order valence-electron chi connectivity index (χ4n) is 0.980. The number of aromatic nitrogens is 1. The highest BCUT2D eigenvalue weighted by Gasteiger charge is 1.92. The highest BCUT2D eigenvalue weighted by Crippen LogP contribution is 2.02. The summed E-state index contributed by atoms with van der Waals surface area (Å²) in [4.78, 5) is 6.39. The summed E-state index contributed by atoms with van der Waals surface area (Å²) < 4.78 is 0. The number of hydrogen-bond acceptors (Lipinski definition) is 3. The van der Waals surface area contributed by atoms with E-state index in [4.69, 9.17) is 0 Å². The van der Waals surface area contributed by atoms with Crippen molar-refractivity contribution >= 4 is 5.82 Å². The van der Waals surface area contributed by atoms with Gasteiger partial charge in [-0.15, -0.1) is 0 Å². The van der Waals surface area contributed by atoms with Crippen LogP contribution in [0.5, 0.6) is 0 Å². The molecule has 0 aliphatic rings. The molecule has 1 N–H and O–H groups in total. The van der Waals surface area contributed by atoms with E-state index in [1.54, 1.807) is 0 Å². The van der Waals surface area contributed by atoms with Gasteiger partial charge in [0, 0.05) is 19.3 Å². The number of anilines is 1. The van der Waals surface area contributed by atoms with Crippen molar-refractivity contribution < 1.29 is 0 Å². The third-order valence-electron chi connectivity index (χ3n) is 1.78. The number of aryl methyl sites for hydroxylation is 1. The molecule has 0 saturated carbocycles. The molecular weight excluding hydrogens is 186 g/mol. The van der Waals surface area contributed by atoms with E-state index in [0.29, 0.717) is 0 Å². The first-order chi connectivity index (χ1) is 7.18. The first-order valence-corrected chi connectivity index (χ1v) is 5.50. The number of nitrogens with zero attached hydrogens (tertiary/aromatic N) is 2. The maximum Gasteiger partial charge on any atom is 0.125 e. The Morgan fingerprint density at radius 1 is 1.27 bits per heavy atom. The monoisotopic (exact) mass is 209 g/mol. The minimum absolute atomic E-state index is 0.934. The van der Waals surface area contributed by atoms with Crippen molar-refractivity contribution in [2.45, 2.75) is 20.8 Å². The van der Waals surface area contributed by atoms with E-state index in [-0.39, 0.29) is 0 Å². The van der Waals surface area contributed by atoms with Crippen LogP contribution < -0.4 is 5.32 Å². The lowest BCUT2D eigenvalue weighted by Gasteiger charge is -2.10. The van der Waals surface area contributed by atoms with Gasteiger partial charge < -0.3 is 10.2 Å². The fourth-order valence-corrected chi connectivity index (χ4v) is 0.980. The van der Waals surface area contributed by atoms with Crippen LogP contribution in [0.1, 0.15) is 19.4 Å². The van der Waals surface area contributed by atoms with Crippen molar-refractivity contribution in [2.24, 2.45) is 0 Å². The zero-order valence-corrected chi connectivity index (χ0v) is 10.5. The predicted molar refractivity (Wildman–Crippen MR) is 67.4 cm³/mol. The normalized spacial score (nSPS) is 9.47. The lowest BCUT2D eigenvalue weighted by Crippen LogP contribution is -2.21. The van der Waals surface area contributed by atoms with Crippen LogP contribution >= 0.6 is 0 Å². The van der Waals surface area contributed by atoms with E-state index in [2.05, 4.69) is 35.4 Å². The van der Waals surface area contributed by atoms with E-state index >= 15 is 0 Å². The SMILES string of the molecule is CC.Cc1ccc(NCCN(C)C)nc1. The van der Waals surface area contributed by atoms with Gasteiger partial charge in [-0.25, -0.2) is 4.98 Å². The van der Waals surface area contributed by atoms with E-state index in [0.717, 1.165) is 18.9 Å². The summed E-state index contributed by atoms with van der Waals surface area (Å²) in [6, 6.07) is 4.07. The van der Waals surface area contributed by atoms with Crippen LogP contribution in [-0.2, 0) is 0 Å². The van der Waals surface area contributed by atoms with Crippen LogP contribution in [0.15, 0.2) is 18.3 Å². The van der Waals surface area contributed by atoms with E-state index in [1.165, 1.54) is 5.56 Å². The molecule has 0 saturated heterocycles. The van der Waals surface area contributed by atoms with Crippen LogP contribution in [0.2, 0.25) is 0 Å². The predicted octanol–water partition coefficient (Wildman–Crippen LogP) is 2.39. The highest BCUT2D eigenvalue weighted by molar-refractivity contribution is 5.34. The summed E-state index contributed by atoms with van der Waals surface area (Å²) in [6.45, 7) is 8.00. The Labute approximate surface area is 93.5 Å². The molecule has 0 atom stereocenters. The molecule has 0 amide bonds. The number of rotatable bonds is 4. The molecule has 0 unspecified atom stereocenters. The van der Waals surface area contributed by atoms with Gasteiger partial charge >= 0.3 is 0 Å². The second-order valence-electron chi connectivity index (χ2n) is 3.45. The molecule has 86 valence electrons. The van der Waals surface area contributed by atoms with Gasteiger partial charge in [0.15, 0.2) is 0 Å². The van der Waals surface area contributed by atoms with Gasteiger partial charge in [-0.3, -0.25) is 0 Å². The third-order valence-corrected chi connectivity index (χ3v) is 1.78. The molecule has 0 bridgehead atoms. The lowest BCUT2D eigenvalue weighted by molar-refractivity contribution is 0.425. The maximum absolute atomic E-state index is 4.25. The average Bonchev–Trinajstić information content (AvgIpc) is 2.23. The molecular formula is C12H23N3. The van der Waals surface area contributed by atoms with Crippen LogP contribution in [0.3, 0.4) is 0 Å². The second-order valence-corrected chi connectivity index (χ2v) is 3.45. The quantitative estimate of drug-likeness (QED) is 0.825. The van der Waals surface area contributed by atoms with Crippen molar-refractivity contribution in [3.63, 3.8) is 0 Å². The topological polar surface area (TPSA) is 28.2 Å². The zero-order chi connectivity index (χ0) is 11.7. The van der Waals surface area contributed by atoms with Crippen LogP contribution in [0.25, 0.3) is 0 Å². The minimum atomic E-state index is 0.934. The van der Waals surface area contributed by atoms with Gasteiger partial charge in [0.1, 0.15) is 5.82 Å². The van der Waals surface area contributed by atoms with E-state index < -0.39 is 0 Å². The Bertz CT molecular complexity index is 242. The van der Waals surface area contributed by atoms with Crippen LogP contribution in [0, 0.1) is 6.92 Å². The van der Waals surface area contributed by atoms with Crippen molar-refractivity contribution in [2.75, 3.05) is 32.5 Å². The summed E-state index contributed by atoms with van der Waals surface area (Å²) >= 11 is 0. The first-order valence-electron chi connectivity index (χ1n) is 5.50. The van der Waals surface area contributed by atoms with Crippen molar-refractivity contribution in [1.29, 1.82) is 0 Å². The smallest absolute Gasteiger partial charge is 0.125 e. The van der Waals surface area contributed by atoms with Crippen LogP contribution in [0.4, 0.5) is 5.82 Å². The molecule has 3 heteroatoms. The van der Waals surface area contributed by atoms with Gasteiger partial charge in [-0.05, 0) is 32.6 Å². The maximum atomic E-state index is 4.25. The summed E-state index contributed by atoms with van der Waals surface area (Å²) in [5.74, 6) is 0.951. The summed E-state index contributed by atoms with van der Waals surface area (Å²) in [6.07, 6.45) is 1.87. The van der Waals surface area contributed by atoms with Crippen molar-refractivity contribution in [3.05, 3.63) is 23.9 Å². The van der Waals surface area contributed by atoms with Crippen molar-refractivity contribution in [3.8, 4) is 0 Å². The van der Waals surface area contributed by atoms with Gasteiger partial charge in [-0.1, -0.05) is 19.9 Å². The molecule has 1 aromatic rings. The van der Waals surface area contributed by atoms with Crippen LogP contribution in [-0.4, -0.2) is 37.1 Å². The molecule has 0 aliphatic heterocycles. The molecule has 0 radical (unpaired) electrons. The average molecular weight is 209 g/mol. The molecule has 0 aliphatic carbocycles. The molecule has 0 spiro atoms. The van der Waals surface area contributed by atoms with Gasteiger partial charge in [0.25, 0.3) is 0 Å². The number of pyridine rings is 1. The van der Waals surface area contributed by atoms with Gasteiger partial charge in [0.2, 0.25) is 0 Å². The Morgan fingerprint density at radius 2 is 1.93 bits per heavy atom. The first kappa shape index (κ1) is 13.9. The fraction of sp³-hybridized carbons (Fsp3) is 0.583. The summed E-state index contributed by atoms with van der Waals surface area (Å²) in [5, 5.41) is 3.25. The van der Waals surface area contributed by atoms with E-state index in [9.17, 15) is 0 Å². The Balaban J connectivity index is 0.000000921. The largest absolute Gasteiger partial charge is 0.369 e. The summed E-state index contributed by atoms with van der Waals surface area (Å²) in [5.41, 5.74) is 1.19. The standard InChI is InChI=1S/C10H17N3.C2H6/c1-9-4-5-10(12-8-9)11-6-7-13(2)3;1-2/h4-5,8H,6-7H2,1-3H3,(H,11,12);1-2H3. The second kappa shape index (κ2) is 8.24. The summed E-state index contributed by atoms with van der Waals surface area (Å²) in [7, 11) is 4.12. The van der Waals surface area contributed by atoms with Crippen molar-refractivity contribution in [1.82, 2.24) is 9.88 Å². The molecule has 15 heavy (non-hydrogen) atoms. The third kappa shape index (κ3) is 6.91. The lowest BCUT2D eigenvalue weighted by atomic mass is 10.3. The van der Waals surface area contributed by atoms with E-state index in [1.807, 2.05) is 33.0 Å². The van der Waals surface area contributed by atoms with Gasteiger partial charge in [-0.2, -0.15) is 0 Å². The molecule has 3 nitrogen and oxygen atoms in total. The number of nitrogens with one attached hydrogen (secondary N) is 1.